The average molecular weight is 355 g/mol. The lowest BCUT2D eigenvalue weighted by Gasteiger charge is -2.12. The summed E-state index contributed by atoms with van der Waals surface area (Å²) >= 11 is 3.40. The van der Waals surface area contributed by atoms with Gasteiger partial charge >= 0.3 is 0 Å². The molecular formula is C14H15BrN2O2S. The first-order valence-corrected chi connectivity index (χ1v) is 8.40. The van der Waals surface area contributed by atoms with Crippen LogP contribution in [0.2, 0.25) is 0 Å². The largest absolute Gasteiger partial charge is 0.278 e. The summed E-state index contributed by atoms with van der Waals surface area (Å²) in [7, 11) is -3.61. The molecule has 0 bridgehead atoms. The van der Waals surface area contributed by atoms with Crippen LogP contribution in [0.1, 0.15) is 25.3 Å². The zero-order valence-corrected chi connectivity index (χ0v) is 13.6. The van der Waals surface area contributed by atoms with Crippen molar-refractivity contribution in [3.8, 4) is 0 Å². The zero-order chi connectivity index (χ0) is 14.8. The van der Waals surface area contributed by atoms with Crippen molar-refractivity contribution in [3.05, 3.63) is 52.8 Å². The van der Waals surface area contributed by atoms with Gasteiger partial charge in [-0.25, -0.2) is 8.42 Å². The minimum atomic E-state index is -3.61. The molecule has 2 rings (SSSR count). The van der Waals surface area contributed by atoms with Crippen molar-refractivity contribution in [2.24, 2.45) is 0 Å². The highest BCUT2D eigenvalue weighted by atomic mass is 79.9. The van der Waals surface area contributed by atoms with Crippen LogP contribution in [0.5, 0.6) is 0 Å². The maximum atomic E-state index is 12.2. The van der Waals surface area contributed by atoms with Crippen molar-refractivity contribution >= 4 is 31.6 Å². The number of nitrogens with zero attached hydrogens (tertiary/aromatic N) is 1. The third kappa shape index (κ3) is 3.37. The molecule has 106 valence electrons. The highest BCUT2D eigenvalue weighted by Gasteiger charge is 2.16. The van der Waals surface area contributed by atoms with Crippen molar-refractivity contribution in [2.75, 3.05) is 4.72 Å². The summed E-state index contributed by atoms with van der Waals surface area (Å²) in [5.41, 5.74) is 1.65. The monoisotopic (exact) mass is 354 g/mol. The summed E-state index contributed by atoms with van der Waals surface area (Å²) in [6, 6.07) is 8.69. The molecule has 0 saturated heterocycles. The van der Waals surface area contributed by atoms with Gasteiger partial charge < -0.3 is 0 Å². The lowest BCUT2D eigenvalue weighted by Crippen LogP contribution is -2.13. The van der Waals surface area contributed by atoms with Gasteiger partial charge in [0.2, 0.25) is 0 Å². The minimum Gasteiger partial charge on any atom is -0.278 e. The third-order valence-corrected chi connectivity index (χ3v) is 4.86. The second kappa shape index (κ2) is 5.93. The second-order valence-corrected chi connectivity index (χ2v) is 7.22. The molecule has 0 fully saturated rings. The first-order chi connectivity index (χ1) is 9.40. The van der Waals surface area contributed by atoms with Crippen molar-refractivity contribution < 1.29 is 8.42 Å². The number of hydrogen-bond donors (Lipinski definition) is 1. The Balaban J connectivity index is 2.31. The fraction of sp³-hybridized carbons (Fsp3) is 0.214. The Morgan fingerprint density at radius 1 is 1.25 bits per heavy atom. The van der Waals surface area contributed by atoms with E-state index in [1.165, 1.54) is 18.5 Å². The van der Waals surface area contributed by atoms with Crippen LogP contribution in [0.3, 0.4) is 0 Å². The molecule has 6 heteroatoms. The van der Waals surface area contributed by atoms with Gasteiger partial charge in [-0.3, -0.25) is 9.71 Å². The molecule has 0 spiro atoms. The predicted molar refractivity (Wildman–Crippen MR) is 83.3 cm³/mol. The Morgan fingerprint density at radius 3 is 2.55 bits per heavy atom. The minimum absolute atomic E-state index is 0.139. The van der Waals surface area contributed by atoms with Crippen LogP contribution in [0.25, 0.3) is 0 Å². The highest BCUT2D eigenvalue weighted by Crippen LogP contribution is 2.28. The summed E-state index contributed by atoms with van der Waals surface area (Å²) in [6.07, 6.45) is 2.85. The normalized spacial score (nSPS) is 11.6. The zero-order valence-electron chi connectivity index (χ0n) is 11.2. The van der Waals surface area contributed by atoms with E-state index in [1.54, 1.807) is 12.1 Å². The predicted octanol–water partition coefficient (Wildman–Crippen LogP) is 3.77. The van der Waals surface area contributed by atoms with Gasteiger partial charge in [-0.1, -0.05) is 19.9 Å². The third-order valence-electron chi connectivity index (χ3n) is 2.85. The fourth-order valence-electron chi connectivity index (χ4n) is 1.68. The van der Waals surface area contributed by atoms with Crippen LogP contribution >= 0.6 is 15.9 Å². The molecule has 0 aliphatic carbocycles. The quantitative estimate of drug-likeness (QED) is 0.908. The van der Waals surface area contributed by atoms with Gasteiger partial charge in [0, 0.05) is 16.9 Å². The number of anilines is 1. The van der Waals surface area contributed by atoms with E-state index in [9.17, 15) is 8.42 Å². The lowest BCUT2D eigenvalue weighted by molar-refractivity contribution is 0.601. The number of rotatable bonds is 4. The standard InChI is InChI=1S/C14H15BrN2O2S/c1-10(2)11-5-6-14(13(15)8-11)17-20(18,19)12-4-3-7-16-9-12/h3-10,17H,1-2H3. The Morgan fingerprint density at radius 2 is 2.00 bits per heavy atom. The van der Waals surface area contributed by atoms with Gasteiger partial charge in [-0.2, -0.15) is 0 Å². The summed E-state index contributed by atoms with van der Waals surface area (Å²) < 4.78 is 27.7. The van der Waals surface area contributed by atoms with E-state index < -0.39 is 10.0 Å². The molecule has 1 aromatic carbocycles. The summed E-state index contributed by atoms with van der Waals surface area (Å²) in [5.74, 6) is 0.385. The van der Waals surface area contributed by atoms with Crippen LogP contribution in [0.15, 0.2) is 52.1 Å². The van der Waals surface area contributed by atoms with E-state index in [0.29, 0.717) is 11.6 Å². The summed E-state index contributed by atoms with van der Waals surface area (Å²) in [6.45, 7) is 4.17. The average Bonchev–Trinajstić information content (AvgIpc) is 2.41. The van der Waals surface area contributed by atoms with E-state index in [4.69, 9.17) is 0 Å². The van der Waals surface area contributed by atoms with E-state index in [0.717, 1.165) is 10.0 Å². The number of pyridine rings is 1. The van der Waals surface area contributed by atoms with Gasteiger partial charge in [0.05, 0.1) is 5.69 Å². The van der Waals surface area contributed by atoms with Gasteiger partial charge in [0.1, 0.15) is 4.90 Å². The highest BCUT2D eigenvalue weighted by molar-refractivity contribution is 9.10. The van der Waals surface area contributed by atoms with E-state index in [1.807, 2.05) is 12.1 Å². The molecule has 0 radical (unpaired) electrons. The number of aromatic nitrogens is 1. The van der Waals surface area contributed by atoms with Crippen molar-refractivity contribution in [1.82, 2.24) is 4.98 Å². The van der Waals surface area contributed by atoms with E-state index in [2.05, 4.69) is 39.5 Å². The molecular weight excluding hydrogens is 340 g/mol. The topological polar surface area (TPSA) is 59.1 Å². The summed E-state index contributed by atoms with van der Waals surface area (Å²) in [5, 5.41) is 0. The van der Waals surface area contributed by atoms with E-state index in [-0.39, 0.29) is 4.90 Å². The SMILES string of the molecule is CC(C)c1ccc(NS(=O)(=O)c2cccnc2)c(Br)c1. The van der Waals surface area contributed by atoms with Gasteiger partial charge in [-0.15, -0.1) is 0 Å². The summed E-state index contributed by atoms with van der Waals surface area (Å²) in [4.78, 5) is 3.96. The molecule has 0 aliphatic rings. The Bertz CT molecular complexity index is 700. The van der Waals surface area contributed by atoms with Crippen LogP contribution in [-0.2, 0) is 10.0 Å². The Hall–Kier alpha value is -1.40. The van der Waals surface area contributed by atoms with Crippen LogP contribution in [-0.4, -0.2) is 13.4 Å². The molecule has 0 atom stereocenters. The number of sulfonamides is 1. The molecule has 0 amide bonds. The Labute approximate surface area is 127 Å². The van der Waals surface area contributed by atoms with Crippen LogP contribution in [0, 0.1) is 0 Å². The van der Waals surface area contributed by atoms with Crippen LogP contribution in [0.4, 0.5) is 5.69 Å². The van der Waals surface area contributed by atoms with E-state index >= 15 is 0 Å². The fourth-order valence-corrected chi connectivity index (χ4v) is 3.35. The Kier molecular flexibility index (Phi) is 4.45. The number of nitrogens with one attached hydrogen (secondary N) is 1. The maximum Gasteiger partial charge on any atom is 0.263 e. The number of hydrogen-bond acceptors (Lipinski definition) is 3. The molecule has 0 unspecified atom stereocenters. The molecule has 1 heterocycles. The van der Waals surface area contributed by atoms with Gasteiger partial charge in [0.15, 0.2) is 0 Å². The first kappa shape index (κ1) is 15.0. The van der Waals surface area contributed by atoms with Crippen molar-refractivity contribution in [3.63, 3.8) is 0 Å². The number of benzene rings is 1. The lowest BCUT2D eigenvalue weighted by atomic mass is 10.0. The molecule has 1 aromatic heterocycles. The van der Waals surface area contributed by atoms with Gasteiger partial charge in [-0.05, 0) is 51.7 Å². The maximum absolute atomic E-state index is 12.2. The van der Waals surface area contributed by atoms with Crippen molar-refractivity contribution in [1.29, 1.82) is 0 Å². The molecule has 2 aromatic rings. The molecule has 20 heavy (non-hydrogen) atoms. The molecule has 0 saturated carbocycles. The molecule has 4 nitrogen and oxygen atoms in total. The second-order valence-electron chi connectivity index (χ2n) is 4.69. The number of halogens is 1. The van der Waals surface area contributed by atoms with Gasteiger partial charge in [0.25, 0.3) is 10.0 Å². The first-order valence-electron chi connectivity index (χ1n) is 6.12. The molecule has 0 aliphatic heterocycles. The van der Waals surface area contributed by atoms with Crippen LogP contribution < -0.4 is 4.72 Å². The molecule has 1 N–H and O–H groups in total. The van der Waals surface area contributed by atoms with Crippen molar-refractivity contribution in [2.45, 2.75) is 24.7 Å². The smallest absolute Gasteiger partial charge is 0.263 e.